The lowest BCUT2D eigenvalue weighted by molar-refractivity contribution is -0.137. The van der Waals surface area contributed by atoms with Gasteiger partial charge in [0.25, 0.3) is 0 Å². The molecule has 1 atom stereocenters. The minimum atomic E-state index is -4.44. The zero-order valence-electron chi connectivity index (χ0n) is 15.8. The van der Waals surface area contributed by atoms with Gasteiger partial charge in [-0.2, -0.15) is 18.2 Å². The number of benzene rings is 1. The topological polar surface area (TPSA) is 82.5 Å². The minimum absolute atomic E-state index is 0.0950. The third kappa shape index (κ3) is 4.06. The van der Waals surface area contributed by atoms with Crippen LogP contribution in [0.1, 0.15) is 23.6 Å². The van der Waals surface area contributed by atoms with Gasteiger partial charge >= 0.3 is 6.18 Å². The van der Waals surface area contributed by atoms with E-state index in [0.717, 1.165) is 17.7 Å². The predicted molar refractivity (Wildman–Crippen MR) is 103 cm³/mol. The molecule has 4 rings (SSSR count). The summed E-state index contributed by atoms with van der Waals surface area (Å²) in [4.78, 5) is 8.34. The average molecular weight is 432 g/mol. The first-order valence-corrected chi connectivity index (χ1v) is 9.68. The lowest BCUT2D eigenvalue weighted by Crippen LogP contribution is -2.04. The van der Waals surface area contributed by atoms with Gasteiger partial charge in [-0.25, -0.2) is 0 Å². The SMILES string of the molecule is C[C@@H](Sc1nnc(-c2cccnc2)n1C)c1nc(-c2cccc(C(F)(F)F)c2)no1. The van der Waals surface area contributed by atoms with E-state index in [9.17, 15) is 13.2 Å². The highest BCUT2D eigenvalue weighted by molar-refractivity contribution is 7.99. The number of thioether (sulfide) groups is 1. The Morgan fingerprint density at radius 2 is 1.90 bits per heavy atom. The molecule has 0 saturated carbocycles. The highest BCUT2D eigenvalue weighted by atomic mass is 32.2. The van der Waals surface area contributed by atoms with Gasteiger partial charge < -0.3 is 9.09 Å². The number of pyridine rings is 1. The number of nitrogens with zero attached hydrogens (tertiary/aromatic N) is 6. The van der Waals surface area contributed by atoms with E-state index in [0.29, 0.717) is 11.0 Å². The molecule has 30 heavy (non-hydrogen) atoms. The van der Waals surface area contributed by atoms with Crippen molar-refractivity contribution in [2.75, 3.05) is 0 Å². The molecule has 3 heterocycles. The molecule has 0 aliphatic rings. The van der Waals surface area contributed by atoms with Crippen molar-refractivity contribution in [3.8, 4) is 22.8 Å². The van der Waals surface area contributed by atoms with Crippen LogP contribution >= 0.6 is 11.8 Å². The molecule has 0 unspecified atom stereocenters. The van der Waals surface area contributed by atoms with Gasteiger partial charge in [-0.3, -0.25) is 4.98 Å². The standard InChI is InChI=1S/C19H15F3N6OS/c1-11(30-18-26-25-16(28(18)2)13-6-4-8-23-10-13)17-24-15(27-29-17)12-5-3-7-14(9-12)19(20,21)22/h3-11H,1-2H3/t11-/m1/s1. The summed E-state index contributed by atoms with van der Waals surface area (Å²) >= 11 is 1.35. The van der Waals surface area contributed by atoms with Crippen molar-refractivity contribution in [2.45, 2.75) is 23.5 Å². The average Bonchev–Trinajstić information content (AvgIpc) is 3.36. The van der Waals surface area contributed by atoms with Crippen LogP contribution in [0.15, 0.2) is 58.5 Å². The number of halogens is 3. The van der Waals surface area contributed by atoms with Gasteiger partial charge in [-0.05, 0) is 31.2 Å². The number of aromatic nitrogens is 6. The van der Waals surface area contributed by atoms with Crippen LogP contribution in [0, 0.1) is 0 Å². The molecule has 0 N–H and O–H groups in total. The molecule has 11 heteroatoms. The Labute approximate surface area is 173 Å². The Morgan fingerprint density at radius 1 is 1.10 bits per heavy atom. The van der Waals surface area contributed by atoms with Crippen molar-refractivity contribution in [1.82, 2.24) is 29.9 Å². The zero-order chi connectivity index (χ0) is 21.3. The molecule has 4 aromatic rings. The van der Waals surface area contributed by atoms with Gasteiger partial charge in [0, 0.05) is 30.6 Å². The molecule has 0 spiro atoms. The van der Waals surface area contributed by atoms with Gasteiger partial charge in [0.1, 0.15) is 0 Å². The molecule has 0 bridgehead atoms. The van der Waals surface area contributed by atoms with Gasteiger partial charge in [0.15, 0.2) is 11.0 Å². The first-order chi connectivity index (χ1) is 14.3. The van der Waals surface area contributed by atoms with E-state index < -0.39 is 11.7 Å². The highest BCUT2D eigenvalue weighted by Gasteiger charge is 2.31. The number of hydrogen-bond acceptors (Lipinski definition) is 7. The third-order valence-electron chi connectivity index (χ3n) is 4.27. The predicted octanol–water partition coefficient (Wildman–Crippen LogP) is 4.80. The van der Waals surface area contributed by atoms with Gasteiger partial charge in [0.2, 0.25) is 11.7 Å². The number of alkyl halides is 3. The van der Waals surface area contributed by atoms with E-state index >= 15 is 0 Å². The fraction of sp³-hybridized carbons (Fsp3) is 0.211. The van der Waals surface area contributed by atoms with Crippen molar-refractivity contribution in [1.29, 1.82) is 0 Å². The van der Waals surface area contributed by atoms with Crippen LogP contribution in [0.25, 0.3) is 22.8 Å². The quantitative estimate of drug-likeness (QED) is 0.419. The molecule has 0 aliphatic carbocycles. The van der Waals surface area contributed by atoms with Crippen LogP contribution in [-0.4, -0.2) is 29.9 Å². The molecule has 1 aromatic carbocycles. The Balaban J connectivity index is 1.53. The van der Waals surface area contributed by atoms with Crippen LogP contribution in [-0.2, 0) is 13.2 Å². The van der Waals surface area contributed by atoms with E-state index in [1.807, 2.05) is 30.7 Å². The summed E-state index contributed by atoms with van der Waals surface area (Å²) in [5.41, 5.74) is 0.293. The first kappa shape index (κ1) is 20.1. The summed E-state index contributed by atoms with van der Waals surface area (Å²) in [6, 6.07) is 8.50. The normalized spacial score (nSPS) is 12.8. The van der Waals surface area contributed by atoms with E-state index in [1.165, 1.54) is 23.9 Å². The lowest BCUT2D eigenvalue weighted by Gasteiger charge is -2.07. The van der Waals surface area contributed by atoms with E-state index in [4.69, 9.17) is 4.52 Å². The minimum Gasteiger partial charge on any atom is -0.338 e. The van der Waals surface area contributed by atoms with Crippen molar-refractivity contribution in [2.24, 2.45) is 7.05 Å². The summed E-state index contributed by atoms with van der Waals surface area (Å²) in [7, 11) is 1.83. The van der Waals surface area contributed by atoms with Crippen molar-refractivity contribution in [3.63, 3.8) is 0 Å². The second kappa shape index (κ2) is 7.90. The molecule has 7 nitrogen and oxygen atoms in total. The summed E-state index contributed by atoms with van der Waals surface area (Å²) in [5.74, 6) is 1.03. The maximum Gasteiger partial charge on any atom is 0.416 e. The Bertz CT molecular complexity index is 1160. The first-order valence-electron chi connectivity index (χ1n) is 8.80. The monoisotopic (exact) mass is 432 g/mol. The second-order valence-electron chi connectivity index (χ2n) is 6.40. The van der Waals surface area contributed by atoms with Crippen molar-refractivity contribution in [3.05, 3.63) is 60.2 Å². The second-order valence-corrected chi connectivity index (χ2v) is 7.71. The van der Waals surface area contributed by atoms with Crippen LogP contribution in [0.5, 0.6) is 0 Å². The van der Waals surface area contributed by atoms with E-state index in [2.05, 4.69) is 25.3 Å². The Kier molecular flexibility index (Phi) is 5.29. The van der Waals surface area contributed by atoms with Crippen LogP contribution in [0.2, 0.25) is 0 Å². The van der Waals surface area contributed by atoms with Crippen molar-refractivity contribution < 1.29 is 17.7 Å². The van der Waals surface area contributed by atoms with Crippen LogP contribution < -0.4 is 0 Å². The molecule has 154 valence electrons. The van der Waals surface area contributed by atoms with E-state index in [1.54, 1.807) is 12.4 Å². The summed E-state index contributed by atoms with van der Waals surface area (Å²) in [6.07, 6.45) is -1.07. The van der Waals surface area contributed by atoms with Crippen LogP contribution in [0.3, 0.4) is 0 Å². The fourth-order valence-electron chi connectivity index (χ4n) is 2.72. The number of rotatable bonds is 5. The highest BCUT2D eigenvalue weighted by Crippen LogP contribution is 2.35. The van der Waals surface area contributed by atoms with Gasteiger partial charge in [0.05, 0.1) is 10.8 Å². The summed E-state index contributed by atoms with van der Waals surface area (Å²) in [6.45, 7) is 1.84. The van der Waals surface area contributed by atoms with Gasteiger partial charge in [-0.15, -0.1) is 10.2 Å². The lowest BCUT2D eigenvalue weighted by atomic mass is 10.1. The maximum absolute atomic E-state index is 12.9. The smallest absolute Gasteiger partial charge is 0.338 e. The number of hydrogen-bond donors (Lipinski definition) is 0. The van der Waals surface area contributed by atoms with Crippen molar-refractivity contribution >= 4 is 11.8 Å². The fourth-order valence-corrected chi connectivity index (χ4v) is 3.57. The van der Waals surface area contributed by atoms with Gasteiger partial charge in [-0.1, -0.05) is 29.1 Å². The molecule has 0 aliphatic heterocycles. The molecule has 3 aromatic heterocycles. The molecule has 0 saturated heterocycles. The van der Waals surface area contributed by atoms with E-state index in [-0.39, 0.29) is 22.5 Å². The summed E-state index contributed by atoms with van der Waals surface area (Å²) < 4.78 is 45.9. The summed E-state index contributed by atoms with van der Waals surface area (Å²) in [5, 5.41) is 12.6. The Hall–Kier alpha value is -3.21. The largest absolute Gasteiger partial charge is 0.416 e. The third-order valence-corrected chi connectivity index (χ3v) is 5.40. The molecule has 0 radical (unpaired) electrons. The maximum atomic E-state index is 12.9. The molecular formula is C19H15F3N6OS. The molecule has 0 amide bonds. The van der Waals surface area contributed by atoms with Crippen LogP contribution in [0.4, 0.5) is 13.2 Å². The Morgan fingerprint density at radius 3 is 2.63 bits per heavy atom. The molecular weight excluding hydrogens is 417 g/mol. The zero-order valence-corrected chi connectivity index (χ0v) is 16.6. The molecule has 0 fully saturated rings.